The van der Waals surface area contributed by atoms with Gasteiger partial charge in [-0.1, -0.05) is 30.3 Å². The first-order valence-corrected chi connectivity index (χ1v) is 5.88. The smallest absolute Gasteiger partial charge is 0.308 e. The van der Waals surface area contributed by atoms with Crippen molar-refractivity contribution < 1.29 is 9.59 Å². The van der Waals surface area contributed by atoms with Crippen LogP contribution in [0.15, 0.2) is 35.4 Å². The SMILES string of the molecule is [N-]=[N+]=NC(=O)N[C@H]1CC(=O)N[C@@H]1Cc1ccccc1. The quantitative estimate of drug-likeness (QED) is 0.487. The van der Waals surface area contributed by atoms with Gasteiger partial charge in [0.15, 0.2) is 0 Å². The van der Waals surface area contributed by atoms with E-state index in [-0.39, 0.29) is 24.4 Å². The number of nitrogens with one attached hydrogen (secondary N) is 2. The zero-order valence-corrected chi connectivity index (χ0v) is 10.1. The van der Waals surface area contributed by atoms with Crippen molar-refractivity contribution in [1.29, 1.82) is 0 Å². The third-order valence-electron chi connectivity index (χ3n) is 2.98. The van der Waals surface area contributed by atoms with Gasteiger partial charge in [0.05, 0.1) is 12.1 Å². The van der Waals surface area contributed by atoms with Crippen LogP contribution in [-0.2, 0) is 11.2 Å². The second-order valence-electron chi connectivity index (χ2n) is 4.31. The number of carbonyl (C=O) groups is 2. The first-order chi connectivity index (χ1) is 9.19. The maximum absolute atomic E-state index is 11.4. The molecule has 7 heteroatoms. The molecule has 19 heavy (non-hydrogen) atoms. The summed E-state index contributed by atoms with van der Waals surface area (Å²) in [5.74, 6) is -0.118. The highest BCUT2D eigenvalue weighted by Gasteiger charge is 2.33. The van der Waals surface area contributed by atoms with E-state index in [4.69, 9.17) is 5.53 Å². The minimum absolute atomic E-state index is 0.118. The monoisotopic (exact) mass is 259 g/mol. The molecule has 1 heterocycles. The molecule has 1 aromatic carbocycles. The van der Waals surface area contributed by atoms with E-state index < -0.39 is 6.03 Å². The highest BCUT2D eigenvalue weighted by Crippen LogP contribution is 2.14. The van der Waals surface area contributed by atoms with Crippen molar-refractivity contribution in [1.82, 2.24) is 10.6 Å². The van der Waals surface area contributed by atoms with Gasteiger partial charge in [-0.25, -0.2) is 0 Å². The number of azide groups is 1. The molecule has 1 saturated heterocycles. The minimum atomic E-state index is -0.762. The molecule has 2 N–H and O–H groups in total. The van der Waals surface area contributed by atoms with Crippen LogP contribution in [0, 0.1) is 0 Å². The third kappa shape index (κ3) is 3.46. The van der Waals surface area contributed by atoms with Crippen molar-refractivity contribution in [2.24, 2.45) is 5.11 Å². The molecule has 0 aliphatic carbocycles. The van der Waals surface area contributed by atoms with Crippen LogP contribution in [0.4, 0.5) is 4.79 Å². The fourth-order valence-electron chi connectivity index (χ4n) is 2.15. The summed E-state index contributed by atoms with van der Waals surface area (Å²) < 4.78 is 0. The molecule has 2 atom stereocenters. The summed E-state index contributed by atoms with van der Waals surface area (Å²) in [6, 6.07) is 8.35. The summed E-state index contributed by atoms with van der Waals surface area (Å²) in [6.45, 7) is 0. The molecule has 0 spiro atoms. The molecule has 0 radical (unpaired) electrons. The van der Waals surface area contributed by atoms with Crippen LogP contribution in [0.2, 0.25) is 0 Å². The molecule has 3 amide bonds. The van der Waals surface area contributed by atoms with E-state index in [1.54, 1.807) is 0 Å². The molecule has 1 aliphatic rings. The molecule has 98 valence electrons. The van der Waals surface area contributed by atoms with Crippen molar-refractivity contribution in [3.05, 3.63) is 46.3 Å². The maximum Gasteiger partial charge on any atom is 0.308 e. The summed E-state index contributed by atoms with van der Waals surface area (Å²) in [5, 5.41) is 8.30. The van der Waals surface area contributed by atoms with Gasteiger partial charge in [-0.05, 0) is 17.5 Å². The fourth-order valence-corrected chi connectivity index (χ4v) is 2.15. The van der Waals surface area contributed by atoms with Gasteiger partial charge >= 0.3 is 6.03 Å². The van der Waals surface area contributed by atoms with Crippen molar-refractivity contribution >= 4 is 11.9 Å². The number of nitrogens with zero attached hydrogens (tertiary/aromatic N) is 3. The Bertz CT molecular complexity index is 524. The Morgan fingerprint density at radius 3 is 2.89 bits per heavy atom. The zero-order valence-electron chi connectivity index (χ0n) is 10.1. The summed E-state index contributed by atoms with van der Waals surface area (Å²) in [5.41, 5.74) is 9.25. The van der Waals surface area contributed by atoms with E-state index in [0.29, 0.717) is 6.42 Å². The number of benzene rings is 1. The normalized spacial score (nSPS) is 21.4. The Morgan fingerprint density at radius 1 is 1.47 bits per heavy atom. The van der Waals surface area contributed by atoms with Gasteiger partial charge < -0.3 is 10.6 Å². The minimum Gasteiger partial charge on any atom is -0.351 e. The number of rotatable bonds is 3. The largest absolute Gasteiger partial charge is 0.351 e. The molecule has 0 saturated carbocycles. The van der Waals surface area contributed by atoms with Gasteiger partial charge in [-0.3, -0.25) is 9.59 Å². The van der Waals surface area contributed by atoms with Gasteiger partial charge in [0.25, 0.3) is 0 Å². The Morgan fingerprint density at radius 2 is 2.21 bits per heavy atom. The number of urea groups is 1. The lowest BCUT2D eigenvalue weighted by molar-refractivity contribution is -0.119. The molecular weight excluding hydrogens is 246 g/mol. The third-order valence-corrected chi connectivity index (χ3v) is 2.98. The Labute approximate surface area is 109 Å². The fraction of sp³-hybridized carbons (Fsp3) is 0.333. The van der Waals surface area contributed by atoms with Crippen LogP contribution in [0.3, 0.4) is 0 Å². The van der Waals surface area contributed by atoms with Crippen LogP contribution in [-0.4, -0.2) is 24.0 Å². The van der Waals surface area contributed by atoms with Crippen LogP contribution in [0.5, 0.6) is 0 Å². The van der Waals surface area contributed by atoms with E-state index in [1.165, 1.54) is 0 Å². The maximum atomic E-state index is 11.4. The average Bonchev–Trinajstić information content (AvgIpc) is 2.71. The molecule has 0 aromatic heterocycles. The molecule has 7 nitrogen and oxygen atoms in total. The second-order valence-corrected chi connectivity index (χ2v) is 4.31. The topological polar surface area (TPSA) is 107 Å². The molecule has 0 unspecified atom stereocenters. The lowest BCUT2D eigenvalue weighted by Crippen LogP contribution is -2.43. The van der Waals surface area contributed by atoms with Crippen molar-refractivity contribution in [2.75, 3.05) is 0 Å². The highest BCUT2D eigenvalue weighted by atomic mass is 16.2. The number of amides is 3. The van der Waals surface area contributed by atoms with Gasteiger partial charge in [0.1, 0.15) is 0 Å². The Balaban J connectivity index is 2.03. The van der Waals surface area contributed by atoms with Crippen LogP contribution in [0.25, 0.3) is 10.4 Å². The molecule has 1 fully saturated rings. The summed E-state index contributed by atoms with van der Waals surface area (Å²) in [6.07, 6.45) is 0.817. The Kier molecular flexibility index (Phi) is 4.00. The van der Waals surface area contributed by atoms with Crippen molar-refractivity contribution in [3.8, 4) is 0 Å². The lowest BCUT2D eigenvalue weighted by atomic mass is 10.0. The lowest BCUT2D eigenvalue weighted by Gasteiger charge is -2.19. The summed E-state index contributed by atoms with van der Waals surface area (Å²) >= 11 is 0. The predicted octanol–water partition coefficient (Wildman–Crippen LogP) is 1.51. The van der Waals surface area contributed by atoms with Crippen LogP contribution in [0.1, 0.15) is 12.0 Å². The predicted molar refractivity (Wildman–Crippen MR) is 68.2 cm³/mol. The standard InChI is InChI=1S/C12H13N5O2/c13-17-16-12(19)15-10-7-11(18)14-9(10)6-8-4-2-1-3-5-8/h1-5,9-10H,6-7H2,(H,14,18)(H,15,19)/t9-,10+/m1/s1. The van der Waals surface area contributed by atoms with E-state index in [9.17, 15) is 9.59 Å². The first kappa shape index (κ1) is 12.9. The zero-order chi connectivity index (χ0) is 13.7. The van der Waals surface area contributed by atoms with Crippen LogP contribution >= 0.6 is 0 Å². The second kappa shape index (κ2) is 5.88. The molecule has 0 bridgehead atoms. The molecular formula is C12H13N5O2. The Hall–Kier alpha value is -2.53. The summed E-state index contributed by atoms with van der Waals surface area (Å²) in [7, 11) is 0. The van der Waals surface area contributed by atoms with Gasteiger partial charge in [-0.15, -0.1) is 0 Å². The van der Waals surface area contributed by atoms with Gasteiger partial charge in [0, 0.05) is 16.4 Å². The number of carbonyl (C=O) groups excluding carboxylic acids is 2. The van der Waals surface area contributed by atoms with Crippen molar-refractivity contribution in [2.45, 2.75) is 24.9 Å². The number of hydrogen-bond acceptors (Lipinski definition) is 2. The van der Waals surface area contributed by atoms with E-state index in [0.717, 1.165) is 5.56 Å². The molecule has 2 rings (SSSR count). The highest BCUT2D eigenvalue weighted by molar-refractivity contribution is 5.82. The average molecular weight is 259 g/mol. The van der Waals surface area contributed by atoms with E-state index in [1.807, 2.05) is 30.3 Å². The first-order valence-electron chi connectivity index (χ1n) is 5.88. The molecule has 1 aromatic rings. The van der Waals surface area contributed by atoms with E-state index in [2.05, 4.69) is 20.7 Å². The van der Waals surface area contributed by atoms with Gasteiger partial charge in [0.2, 0.25) is 5.91 Å². The number of hydrogen-bond donors (Lipinski definition) is 2. The van der Waals surface area contributed by atoms with Crippen LogP contribution < -0.4 is 10.6 Å². The van der Waals surface area contributed by atoms with Gasteiger partial charge in [-0.2, -0.15) is 0 Å². The molecule has 1 aliphatic heterocycles. The summed E-state index contributed by atoms with van der Waals surface area (Å²) in [4.78, 5) is 25.1. The van der Waals surface area contributed by atoms with Crippen molar-refractivity contribution in [3.63, 3.8) is 0 Å². The van der Waals surface area contributed by atoms with E-state index >= 15 is 0 Å².